The number of nitrogens with one attached hydrogen (secondary N) is 2. The van der Waals surface area contributed by atoms with Gasteiger partial charge in [0, 0.05) is 43.5 Å². The van der Waals surface area contributed by atoms with Crippen LogP contribution in [0.1, 0.15) is 11.4 Å². The quantitative estimate of drug-likeness (QED) is 0.771. The Morgan fingerprint density at radius 1 is 1.58 bits per heavy atom. The summed E-state index contributed by atoms with van der Waals surface area (Å²) in [6.45, 7) is 0.964. The first kappa shape index (κ1) is 14.4. The molecular formula is C11H17N3O3S2. The van der Waals surface area contributed by atoms with E-state index in [2.05, 4.69) is 15.6 Å². The number of aromatic nitrogens is 1. The molecule has 0 radical (unpaired) electrons. The zero-order valence-electron chi connectivity index (χ0n) is 10.5. The molecule has 0 bridgehead atoms. The van der Waals surface area contributed by atoms with Crippen LogP contribution in [0, 0.1) is 0 Å². The van der Waals surface area contributed by atoms with Gasteiger partial charge in [0.2, 0.25) is 5.91 Å². The lowest BCUT2D eigenvalue weighted by Gasteiger charge is -2.23. The molecule has 1 fully saturated rings. The fourth-order valence-corrected chi connectivity index (χ4v) is 4.04. The number of rotatable bonds is 5. The highest BCUT2D eigenvalue weighted by molar-refractivity contribution is 7.91. The summed E-state index contributed by atoms with van der Waals surface area (Å²) in [6, 6.07) is -0.265. The maximum absolute atomic E-state index is 11.7. The Hall–Kier alpha value is -0.990. The second kappa shape index (κ2) is 6.44. The van der Waals surface area contributed by atoms with Crippen molar-refractivity contribution in [2.75, 3.05) is 24.6 Å². The molecule has 1 aromatic heterocycles. The van der Waals surface area contributed by atoms with Gasteiger partial charge in [-0.05, 0) is 0 Å². The molecular weight excluding hydrogens is 286 g/mol. The van der Waals surface area contributed by atoms with Crippen molar-refractivity contribution in [2.45, 2.75) is 18.9 Å². The summed E-state index contributed by atoms with van der Waals surface area (Å²) in [4.78, 5) is 15.8. The van der Waals surface area contributed by atoms with Gasteiger partial charge in [0.15, 0.2) is 9.84 Å². The van der Waals surface area contributed by atoms with Crippen molar-refractivity contribution in [3.05, 3.63) is 16.6 Å². The van der Waals surface area contributed by atoms with Crippen molar-refractivity contribution >= 4 is 27.1 Å². The molecule has 1 aliphatic heterocycles. The van der Waals surface area contributed by atoms with E-state index in [4.69, 9.17) is 0 Å². The maximum Gasteiger partial charge on any atom is 0.221 e. The third-order valence-electron chi connectivity index (χ3n) is 2.88. The summed E-state index contributed by atoms with van der Waals surface area (Å²) in [5.41, 5.74) is 0. The number of hydrogen-bond acceptors (Lipinski definition) is 6. The van der Waals surface area contributed by atoms with E-state index in [-0.39, 0.29) is 29.9 Å². The summed E-state index contributed by atoms with van der Waals surface area (Å²) in [5, 5.41) is 8.73. The average molecular weight is 303 g/mol. The Balaban J connectivity index is 1.69. The summed E-state index contributed by atoms with van der Waals surface area (Å²) in [6.07, 6.45) is 2.65. The van der Waals surface area contributed by atoms with E-state index in [0.717, 1.165) is 5.01 Å². The van der Waals surface area contributed by atoms with Gasteiger partial charge >= 0.3 is 0 Å². The van der Waals surface area contributed by atoms with Gasteiger partial charge in [0.25, 0.3) is 0 Å². The van der Waals surface area contributed by atoms with E-state index in [1.165, 1.54) is 0 Å². The van der Waals surface area contributed by atoms with Gasteiger partial charge < -0.3 is 10.6 Å². The average Bonchev–Trinajstić information content (AvgIpc) is 2.80. The summed E-state index contributed by atoms with van der Waals surface area (Å²) in [5.74, 6) is 0.0911. The second-order valence-electron chi connectivity index (χ2n) is 4.50. The van der Waals surface area contributed by atoms with Crippen LogP contribution >= 0.6 is 11.3 Å². The molecule has 1 saturated heterocycles. The Labute approximate surface area is 116 Å². The van der Waals surface area contributed by atoms with E-state index in [1.807, 2.05) is 5.38 Å². The predicted octanol–water partition coefficient (Wildman–Crippen LogP) is -0.421. The molecule has 0 saturated carbocycles. The van der Waals surface area contributed by atoms with Crippen molar-refractivity contribution in [1.29, 1.82) is 0 Å². The zero-order chi connectivity index (χ0) is 13.7. The van der Waals surface area contributed by atoms with Crippen molar-refractivity contribution in [2.24, 2.45) is 0 Å². The first-order valence-corrected chi connectivity index (χ1v) is 8.84. The third-order valence-corrected chi connectivity index (χ3v) is 5.45. The monoisotopic (exact) mass is 303 g/mol. The van der Waals surface area contributed by atoms with Gasteiger partial charge in [-0.15, -0.1) is 11.3 Å². The molecule has 2 rings (SSSR count). The van der Waals surface area contributed by atoms with Crippen LogP contribution in [0.3, 0.4) is 0 Å². The molecule has 1 aliphatic rings. The molecule has 6 nitrogen and oxygen atoms in total. The largest absolute Gasteiger partial charge is 0.356 e. The highest BCUT2D eigenvalue weighted by atomic mass is 32.2. The van der Waals surface area contributed by atoms with E-state index < -0.39 is 9.84 Å². The van der Waals surface area contributed by atoms with E-state index >= 15 is 0 Å². The molecule has 1 amide bonds. The summed E-state index contributed by atoms with van der Waals surface area (Å²) < 4.78 is 22.9. The number of sulfone groups is 1. The van der Waals surface area contributed by atoms with Crippen LogP contribution in [0.15, 0.2) is 11.6 Å². The molecule has 106 valence electrons. The molecule has 1 aromatic rings. The normalized spacial score (nSPS) is 22.0. The van der Waals surface area contributed by atoms with Crippen molar-refractivity contribution in [1.82, 2.24) is 15.6 Å². The van der Waals surface area contributed by atoms with Gasteiger partial charge in [0.1, 0.15) is 0 Å². The minimum absolute atomic E-state index is 0.0485. The number of carbonyl (C=O) groups is 1. The smallest absolute Gasteiger partial charge is 0.221 e. The van der Waals surface area contributed by atoms with Crippen molar-refractivity contribution < 1.29 is 13.2 Å². The predicted molar refractivity (Wildman–Crippen MR) is 73.9 cm³/mol. The Bertz CT molecular complexity index is 513. The number of nitrogens with zero attached hydrogens (tertiary/aromatic N) is 1. The molecule has 1 unspecified atom stereocenters. The minimum atomic E-state index is -2.98. The fraction of sp³-hybridized carbons (Fsp3) is 0.636. The fourth-order valence-electron chi connectivity index (χ4n) is 1.98. The summed E-state index contributed by atoms with van der Waals surface area (Å²) >= 11 is 1.56. The lowest BCUT2D eigenvalue weighted by Crippen LogP contribution is -2.47. The molecule has 0 aromatic carbocycles. The zero-order valence-corrected chi connectivity index (χ0v) is 12.1. The van der Waals surface area contributed by atoms with Crippen LogP contribution in [0.5, 0.6) is 0 Å². The molecule has 19 heavy (non-hydrogen) atoms. The van der Waals surface area contributed by atoms with Gasteiger partial charge in [-0.1, -0.05) is 0 Å². The van der Waals surface area contributed by atoms with E-state index in [0.29, 0.717) is 19.5 Å². The van der Waals surface area contributed by atoms with Gasteiger partial charge in [-0.2, -0.15) is 0 Å². The van der Waals surface area contributed by atoms with Gasteiger partial charge in [0.05, 0.1) is 16.5 Å². The second-order valence-corrected chi connectivity index (χ2v) is 7.70. The number of hydrogen-bond donors (Lipinski definition) is 2. The highest BCUT2D eigenvalue weighted by Gasteiger charge is 2.25. The molecule has 1 atom stereocenters. The van der Waals surface area contributed by atoms with Crippen LogP contribution in [0.4, 0.5) is 0 Å². The molecule has 2 N–H and O–H groups in total. The number of carbonyl (C=O) groups excluding carboxylic acids is 1. The molecule has 0 aliphatic carbocycles. The van der Waals surface area contributed by atoms with Crippen molar-refractivity contribution in [3.63, 3.8) is 0 Å². The van der Waals surface area contributed by atoms with Crippen LogP contribution in [-0.2, 0) is 21.1 Å². The Morgan fingerprint density at radius 2 is 2.42 bits per heavy atom. The number of thiazole rings is 1. The standard InChI is InChI=1S/C11H17N3O3S2/c15-10(13-2-1-11-14-3-5-18-11)7-9-8-19(16,17)6-4-12-9/h3,5,9,12H,1-2,4,6-8H2,(H,13,15). The molecule has 2 heterocycles. The topological polar surface area (TPSA) is 88.2 Å². The highest BCUT2D eigenvalue weighted by Crippen LogP contribution is 2.06. The SMILES string of the molecule is O=C(CC1CS(=O)(=O)CCN1)NCCc1nccs1. The van der Waals surface area contributed by atoms with Crippen LogP contribution in [-0.4, -0.2) is 49.9 Å². The third kappa shape index (κ3) is 4.88. The molecule has 0 spiro atoms. The maximum atomic E-state index is 11.7. The van der Waals surface area contributed by atoms with Crippen LogP contribution in [0.25, 0.3) is 0 Å². The van der Waals surface area contributed by atoms with E-state index in [1.54, 1.807) is 17.5 Å². The number of amides is 1. The minimum Gasteiger partial charge on any atom is -0.356 e. The Morgan fingerprint density at radius 3 is 3.11 bits per heavy atom. The Kier molecular flexibility index (Phi) is 4.89. The van der Waals surface area contributed by atoms with Crippen LogP contribution < -0.4 is 10.6 Å². The summed E-state index contributed by atoms with van der Waals surface area (Å²) in [7, 11) is -2.98. The lowest BCUT2D eigenvalue weighted by atomic mass is 10.2. The van der Waals surface area contributed by atoms with Crippen LogP contribution in [0.2, 0.25) is 0 Å². The van der Waals surface area contributed by atoms with Gasteiger partial charge in [-0.25, -0.2) is 13.4 Å². The van der Waals surface area contributed by atoms with Gasteiger partial charge in [-0.3, -0.25) is 4.79 Å². The first-order chi connectivity index (χ1) is 9.05. The lowest BCUT2D eigenvalue weighted by molar-refractivity contribution is -0.121. The van der Waals surface area contributed by atoms with Crippen molar-refractivity contribution in [3.8, 4) is 0 Å². The van der Waals surface area contributed by atoms with E-state index in [9.17, 15) is 13.2 Å². The first-order valence-electron chi connectivity index (χ1n) is 6.14. The molecule has 8 heteroatoms.